The highest BCUT2D eigenvalue weighted by molar-refractivity contribution is 5.95. The summed E-state index contributed by atoms with van der Waals surface area (Å²) in [5, 5.41) is 0. The van der Waals surface area contributed by atoms with Gasteiger partial charge in [0.25, 0.3) is 5.91 Å². The summed E-state index contributed by atoms with van der Waals surface area (Å²) in [5.74, 6) is 0.232. The maximum absolute atomic E-state index is 13.0. The van der Waals surface area contributed by atoms with Crippen molar-refractivity contribution in [2.75, 3.05) is 46.8 Å². The van der Waals surface area contributed by atoms with E-state index in [0.29, 0.717) is 12.1 Å². The topological polar surface area (TPSA) is 56.8 Å². The molecule has 2 saturated heterocycles. The first kappa shape index (κ1) is 18.8. The van der Waals surface area contributed by atoms with Crippen molar-refractivity contribution in [2.45, 2.75) is 32.6 Å². The summed E-state index contributed by atoms with van der Waals surface area (Å²) in [4.78, 5) is 36.2. The van der Waals surface area contributed by atoms with Crippen LogP contribution in [0.3, 0.4) is 0 Å². The van der Waals surface area contributed by atoms with Gasteiger partial charge in [-0.2, -0.15) is 0 Å². The number of likely N-dealkylation sites (tertiary alicyclic amines) is 2. The number of amides is 2. The van der Waals surface area contributed by atoms with Crippen LogP contribution in [-0.4, -0.2) is 78.3 Å². The lowest BCUT2D eigenvalue weighted by molar-refractivity contribution is -0.138. The van der Waals surface area contributed by atoms with Crippen molar-refractivity contribution in [1.29, 1.82) is 0 Å². The number of aryl methyl sites for hydroxylation is 1. The van der Waals surface area contributed by atoms with Gasteiger partial charge in [0.15, 0.2) is 0 Å². The van der Waals surface area contributed by atoms with Gasteiger partial charge >= 0.3 is 0 Å². The molecule has 6 heteroatoms. The number of rotatable bonds is 5. The number of hydrogen-bond acceptors (Lipinski definition) is 4. The molecule has 1 spiro atoms. The fraction of sp³-hybridized carbons (Fsp3) is 0.650. The second-order valence-corrected chi connectivity index (χ2v) is 7.85. The third-order valence-electron chi connectivity index (χ3n) is 5.72. The van der Waals surface area contributed by atoms with Gasteiger partial charge in [-0.25, -0.2) is 0 Å². The number of hydrogen-bond donors (Lipinski definition) is 0. The van der Waals surface area contributed by atoms with Crippen molar-refractivity contribution < 1.29 is 9.59 Å². The van der Waals surface area contributed by atoms with E-state index < -0.39 is 0 Å². The summed E-state index contributed by atoms with van der Waals surface area (Å²) in [6.45, 7) is 5.76. The summed E-state index contributed by atoms with van der Waals surface area (Å²) in [6, 6.07) is 3.77. The Morgan fingerprint density at radius 2 is 2.08 bits per heavy atom. The second-order valence-electron chi connectivity index (χ2n) is 7.85. The Labute approximate surface area is 156 Å². The lowest BCUT2D eigenvalue weighted by Crippen LogP contribution is -2.50. The van der Waals surface area contributed by atoms with Crippen molar-refractivity contribution >= 4 is 11.8 Å². The summed E-state index contributed by atoms with van der Waals surface area (Å²) in [6.07, 6.45) is 5.16. The molecule has 1 atom stereocenters. The average Bonchev–Trinajstić information content (AvgIpc) is 2.95. The first-order valence-electron chi connectivity index (χ1n) is 9.63. The molecule has 142 valence electrons. The molecular formula is C20H30N4O2. The molecule has 0 aliphatic carbocycles. The van der Waals surface area contributed by atoms with Crippen LogP contribution in [0.5, 0.6) is 0 Å². The van der Waals surface area contributed by atoms with E-state index in [4.69, 9.17) is 0 Å². The number of carbonyl (C=O) groups excluding carboxylic acids is 2. The molecule has 2 aliphatic rings. The number of pyridine rings is 1. The van der Waals surface area contributed by atoms with E-state index in [1.54, 1.807) is 6.20 Å². The predicted octanol–water partition coefficient (Wildman–Crippen LogP) is 1.66. The van der Waals surface area contributed by atoms with Gasteiger partial charge in [0.2, 0.25) is 5.91 Å². The van der Waals surface area contributed by atoms with Crippen LogP contribution in [0.1, 0.15) is 42.2 Å². The number of carbonyl (C=O) groups is 2. The Morgan fingerprint density at radius 3 is 2.73 bits per heavy atom. The van der Waals surface area contributed by atoms with Crippen LogP contribution in [-0.2, 0) is 11.2 Å². The van der Waals surface area contributed by atoms with E-state index in [9.17, 15) is 9.59 Å². The summed E-state index contributed by atoms with van der Waals surface area (Å²) >= 11 is 0. The van der Waals surface area contributed by atoms with Crippen LogP contribution in [0.15, 0.2) is 18.3 Å². The largest absolute Gasteiger partial charge is 0.341 e. The lowest BCUT2D eigenvalue weighted by Gasteiger charge is -2.39. The van der Waals surface area contributed by atoms with E-state index in [0.717, 1.165) is 57.6 Å². The van der Waals surface area contributed by atoms with E-state index in [1.165, 1.54) is 0 Å². The quantitative estimate of drug-likeness (QED) is 0.803. The molecule has 0 bridgehead atoms. The average molecular weight is 358 g/mol. The standard InChI is InChI=1S/C20H30N4O2/c1-4-17-7-6-16(14-21-17)18(25)24-10-5-8-20(15-24)9-11-23(19(20)26)13-12-22(2)3/h6-7,14H,4-5,8-13,15H2,1-3H3. The van der Waals surface area contributed by atoms with E-state index in [1.807, 2.05) is 43.0 Å². The first-order valence-corrected chi connectivity index (χ1v) is 9.63. The number of piperidine rings is 1. The molecule has 26 heavy (non-hydrogen) atoms. The van der Waals surface area contributed by atoms with Crippen LogP contribution in [0.25, 0.3) is 0 Å². The fourth-order valence-corrected chi connectivity index (χ4v) is 4.05. The van der Waals surface area contributed by atoms with Gasteiger partial charge in [-0.15, -0.1) is 0 Å². The minimum Gasteiger partial charge on any atom is -0.341 e. The van der Waals surface area contributed by atoms with Crippen LogP contribution in [0.4, 0.5) is 0 Å². The molecule has 0 radical (unpaired) electrons. The highest BCUT2D eigenvalue weighted by atomic mass is 16.2. The minimum atomic E-state index is -0.378. The molecule has 0 N–H and O–H groups in total. The summed E-state index contributed by atoms with van der Waals surface area (Å²) in [7, 11) is 4.05. The third kappa shape index (κ3) is 3.75. The van der Waals surface area contributed by atoms with Gasteiger partial charge in [-0.05, 0) is 51.9 Å². The Bertz CT molecular complexity index is 658. The van der Waals surface area contributed by atoms with Gasteiger partial charge in [-0.3, -0.25) is 14.6 Å². The number of likely N-dealkylation sites (N-methyl/N-ethyl adjacent to an activating group) is 1. The number of aromatic nitrogens is 1. The number of nitrogens with zero attached hydrogens (tertiary/aromatic N) is 4. The zero-order chi connectivity index (χ0) is 18.7. The molecule has 0 aromatic carbocycles. The predicted molar refractivity (Wildman–Crippen MR) is 101 cm³/mol. The second kappa shape index (κ2) is 7.74. The van der Waals surface area contributed by atoms with Crippen LogP contribution in [0.2, 0.25) is 0 Å². The highest BCUT2D eigenvalue weighted by Crippen LogP contribution is 2.40. The van der Waals surface area contributed by atoms with Crippen LogP contribution < -0.4 is 0 Å². The van der Waals surface area contributed by atoms with Crippen LogP contribution >= 0.6 is 0 Å². The molecule has 2 aliphatic heterocycles. The lowest BCUT2D eigenvalue weighted by atomic mass is 9.78. The summed E-state index contributed by atoms with van der Waals surface area (Å²) in [5.41, 5.74) is 1.23. The minimum absolute atomic E-state index is 0.00114. The van der Waals surface area contributed by atoms with Crippen molar-refractivity contribution in [2.24, 2.45) is 5.41 Å². The smallest absolute Gasteiger partial charge is 0.255 e. The summed E-state index contributed by atoms with van der Waals surface area (Å²) < 4.78 is 0. The van der Waals surface area contributed by atoms with Gasteiger partial charge in [-0.1, -0.05) is 6.92 Å². The van der Waals surface area contributed by atoms with E-state index in [2.05, 4.69) is 9.88 Å². The van der Waals surface area contributed by atoms with Gasteiger partial charge in [0.1, 0.15) is 0 Å². The molecular weight excluding hydrogens is 328 g/mol. The van der Waals surface area contributed by atoms with Crippen molar-refractivity contribution in [1.82, 2.24) is 19.7 Å². The fourth-order valence-electron chi connectivity index (χ4n) is 4.05. The van der Waals surface area contributed by atoms with Gasteiger partial charge in [0.05, 0.1) is 11.0 Å². The monoisotopic (exact) mass is 358 g/mol. The molecule has 1 aromatic heterocycles. The zero-order valence-corrected chi connectivity index (χ0v) is 16.2. The van der Waals surface area contributed by atoms with Crippen molar-refractivity contribution in [3.63, 3.8) is 0 Å². The van der Waals surface area contributed by atoms with Crippen molar-refractivity contribution in [3.05, 3.63) is 29.6 Å². The van der Waals surface area contributed by atoms with E-state index in [-0.39, 0.29) is 17.2 Å². The van der Waals surface area contributed by atoms with E-state index >= 15 is 0 Å². The Morgan fingerprint density at radius 1 is 1.27 bits per heavy atom. The third-order valence-corrected chi connectivity index (χ3v) is 5.72. The van der Waals surface area contributed by atoms with Crippen LogP contribution in [0, 0.1) is 5.41 Å². The Hall–Kier alpha value is -1.95. The zero-order valence-electron chi connectivity index (χ0n) is 16.2. The molecule has 0 saturated carbocycles. The molecule has 3 heterocycles. The maximum Gasteiger partial charge on any atom is 0.255 e. The Balaban J connectivity index is 1.68. The SMILES string of the molecule is CCc1ccc(C(=O)N2CCCC3(CCN(CCN(C)C)C3=O)C2)cn1. The first-order chi connectivity index (χ1) is 12.4. The Kier molecular flexibility index (Phi) is 5.61. The molecule has 2 fully saturated rings. The molecule has 1 unspecified atom stereocenters. The van der Waals surface area contributed by atoms with Gasteiger partial charge in [0, 0.05) is 44.6 Å². The highest BCUT2D eigenvalue weighted by Gasteiger charge is 2.49. The molecule has 1 aromatic rings. The molecule has 2 amide bonds. The molecule has 6 nitrogen and oxygen atoms in total. The van der Waals surface area contributed by atoms with Gasteiger partial charge < -0.3 is 14.7 Å². The maximum atomic E-state index is 13.0. The van der Waals surface area contributed by atoms with Crippen molar-refractivity contribution in [3.8, 4) is 0 Å². The molecule has 3 rings (SSSR count). The normalized spacial score (nSPS) is 23.3.